The third kappa shape index (κ3) is 5.17. The number of rotatable bonds is 7. The number of hydrogen-bond donors (Lipinski definition) is 3. The van der Waals surface area contributed by atoms with Crippen molar-refractivity contribution in [3.8, 4) is 5.75 Å². The van der Waals surface area contributed by atoms with Crippen LogP contribution in [0.5, 0.6) is 5.75 Å². The number of carboxylic acids is 1. The van der Waals surface area contributed by atoms with Crippen LogP contribution in [0.15, 0.2) is 24.3 Å². The maximum absolute atomic E-state index is 11.7. The van der Waals surface area contributed by atoms with Crippen molar-refractivity contribution < 1.29 is 19.4 Å². The summed E-state index contributed by atoms with van der Waals surface area (Å²) in [4.78, 5) is 22.7. The number of nitrogens with one attached hydrogen (secondary N) is 2. The van der Waals surface area contributed by atoms with Crippen LogP contribution in [0.4, 0.5) is 10.5 Å². The Labute approximate surface area is 118 Å². The van der Waals surface area contributed by atoms with E-state index < -0.39 is 18.0 Å². The predicted molar refractivity (Wildman–Crippen MR) is 76.1 cm³/mol. The monoisotopic (exact) mass is 280 g/mol. The normalized spacial score (nSPS) is 11.5. The molecule has 0 aliphatic rings. The van der Waals surface area contributed by atoms with Crippen LogP contribution >= 0.6 is 0 Å². The van der Waals surface area contributed by atoms with Gasteiger partial charge in [-0.25, -0.2) is 9.59 Å². The molecule has 1 unspecified atom stereocenters. The summed E-state index contributed by atoms with van der Waals surface area (Å²) in [5.74, 6) is -0.342. The van der Waals surface area contributed by atoms with E-state index in [2.05, 4.69) is 10.6 Å². The number of carboxylic acid groups (broad SMARTS) is 1. The molecule has 0 spiro atoms. The van der Waals surface area contributed by atoms with Gasteiger partial charge in [0.25, 0.3) is 0 Å². The van der Waals surface area contributed by atoms with Gasteiger partial charge in [0.05, 0.1) is 7.11 Å². The van der Waals surface area contributed by atoms with E-state index in [0.29, 0.717) is 17.9 Å². The number of unbranched alkanes of at least 4 members (excludes halogenated alkanes) is 1. The smallest absolute Gasteiger partial charge is 0.326 e. The highest BCUT2D eigenvalue weighted by molar-refractivity contribution is 5.92. The average Bonchev–Trinajstić information content (AvgIpc) is 2.44. The van der Waals surface area contributed by atoms with E-state index in [4.69, 9.17) is 9.84 Å². The summed E-state index contributed by atoms with van der Waals surface area (Å²) in [6.45, 7) is 1.97. The van der Waals surface area contributed by atoms with Crippen LogP contribution in [0.1, 0.15) is 26.2 Å². The Kier molecular flexibility index (Phi) is 6.36. The molecule has 0 saturated heterocycles. The molecular weight excluding hydrogens is 260 g/mol. The molecule has 0 aliphatic heterocycles. The van der Waals surface area contributed by atoms with Crippen molar-refractivity contribution in [3.05, 3.63) is 24.3 Å². The molecule has 2 amide bonds. The lowest BCUT2D eigenvalue weighted by molar-refractivity contribution is -0.139. The van der Waals surface area contributed by atoms with Crippen LogP contribution in [0, 0.1) is 0 Å². The molecule has 1 rings (SSSR count). The molecule has 110 valence electrons. The third-order valence-corrected chi connectivity index (χ3v) is 2.80. The first-order valence-electron chi connectivity index (χ1n) is 6.51. The molecule has 6 nitrogen and oxygen atoms in total. The molecule has 0 fully saturated rings. The molecule has 0 aromatic heterocycles. The molecule has 3 N–H and O–H groups in total. The molecule has 0 radical (unpaired) electrons. The van der Waals surface area contributed by atoms with Gasteiger partial charge in [0.2, 0.25) is 0 Å². The van der Waals surface area contributed by atoms with Crippen LogP contribution in [-0.4, -0.2) is 30.3 Å². The van der Waals surface area contributed by atoms with Crippen LogP contribution in [0.25, 0.3) is 0 Å². The van der Waals surface area contributed by atoms with E-state index in [1.54, 1.807) is 31.4 Å². The molecule has 0 bridgehead atoms. The summed E-state index contributed by atoms with van der Waals surface area (Å²) in [5, 5.41) is 14.1. The van der Waals surface area contributed by atoms with Crippen LogP contribution in [0.2, 0.25) is 0 Å². The molecule has 1 aromatic carbocycles. The van der Waals surface area contributed by atoms with Crippen LogP contribution < -0.4 is 15.4 Å². The first-order chi connectivity index (χ1) is 9.56. The maximum Gasteiger partial charge on any atom is 0.326 e. The molecular formula is C14H20N2O4. The maximum atomic E-state index is 11.7. The van der Waals surface area contributed by atoms with Gasteiger partial charge in [0.15, 0.2) is 0 Å². The van der Waals surface area contributed by atoms with E-state index in [-0.39, 0.29) is 0 Å². The average molecular weight is 280 g/mol. The number of urea groups is 1. The van der Waals surface area contributed by atoms with Crippen molar-refractivity contribution in [2.24, 2.45) is 0 Å². The fourth-order valence-corrected chi connectivity index (χ4v) is 1.67. The van der Waals surface area contributed by atoms with Gasteiger partial charge < -0.3 is 20.5 Å². The molecule has 1 aromatic rings. The number of hydrogen-bond acceptors (Lipinski definition) is 3. The fraction of sp³-hybridized carbons (Fsp3) is 0.429. The Morgan fingerprint density at radius 2 is 1.95 bits per heavy atom. The zero-order valence-corrected chi connectivity index (χ0v) is 11.7. The molecule has 0 heterocycles. The lowest BCUT2D eigenvalue weighted by atomic mass is 10.1. The zero-order valence-electron chi connectivity index (χ0n) is 11.7. The van der Waals surface area contributed by atoms with Crippen LogP contribution in [0.3, 0.4) is 0 Å². The highest BCUT2D eigenvalue weighted by Gasteiger charge is 2.18. The summed E-state index contributed by atoms with van der Waals surface area (Å²) in [7, 11) is 1.56. The summed E-state index contributed by atoms with van der Waals surface area (Å²) in [6, 6.07) is 5.38. The molecule has 0 saturated carbocycles. The summed E-state index contributed by atoms with van der Waals surface area (Å²) in [5.41, 5.74) is 0.572. The van der Waals surface area contributed by atoms with Gasteiger partial charge in [-0.3, -0.25) is 0 Å². The Morgan fingerprint density at radius 1 is 1.30 bits per heavy atom. The number of anilines is 1. The minimum absolute atomic E-state index is 0.419. The second-order valence-corrected chi connectivity index (χ2v) is 4.36. The molecule has 20 heavy (non-hydrogen) atoms. The number of amides is 2. The largest absolute Gasteiger partial charge is 0.497 e. The van der Waals surface area contributed by atoms with Crippen molar-refractivity contribution in [3.63, 3.8) is 0 Å². The highest BCUT2D eigenvalue weighted by atomic mass is 16.5. The van der Waals surface area contributed by atoms with Crippen molar-refractivity contribution in [1.82, 2.24) is 5.32 Å². The fourth-order valence-electron chi connectivity index (χ4n) is 1.67. The number of carbonyl (C=O) groups excluding carboxylic acids is 1. The Morgan fingerprint density at radius 3 is 2.45 bits per heavy atom. The number of benzene rings is 1. The SMILES string of the molecule is CCCCC(NC(=O)Nc1ccc(OC)cc1)C(=O)O. The van der Waals surface area contributed by atoms with Gasteiger partial charge >= 0.3 is 12.0 Å². The number of methoxy groups -OCH3 is 1. The first-order valence-corrected chi connectivity index (χ1v) is 6.51. The summed E-state index contributed by atoms with van der Waals surface area (Å²) in [6.07, 6.45) is 2.05. The van der Waals surface area contributed by atoms with Gasteiger partial charge in [0.1, 0.15) is 11.8 Å². The molecule has 6 heteroatoms. The minimum Gasteiger partial charge on any atom is -0.497 e. The summed E-state index contributed by atoms with van der Waals surface area (Å²) >= 11 is 0. The number of carbonyl (C=O) groups is 2. The Balaban J connectivity index is 2.53. The Bertz CT molecular complexity index is 445. The lowest BCUT2D eigenvalue weighted by Crippen LogP contribution is -2.42. The van der Waals surface area contributed by atoms with Crippen molar-refractivity contribution in [2.75, 3.05) is 12.4 Å². The quantitative estimate of drug-likeness (QED) is 0.716. The Hall–Kier alpha value is -2.24. The van der Waals surface area contributed by atoms with Crippen molar-refractivity contribution >= 4 is 17.7 Å². The lowest BCUT2D eigenvalue weighted by Gasteiger charge is -2.14. The first kappa shape index (κ1) is 15.8. The second kappa shape index (κ2) is 8.04. The molecule has 0 aliphatic carbocycles. The van der Waals surface area contributed by atoms with Gasteiger partial charge in [-0.2, -0.15) is 0 Å². The van der Waals surface area contributed by atoms with Crippen LogP contribution in [-0.2, 0) is 4.79 Å². The van der Waals surface area contributed by atoms with E-state index in [9.17, 15) is 9.59 Å². The van der Waals surface area contributed by atoms with Gasteiger partial charge in [-0.1, -0.05) is 19.8 Å². The third-order valence-electron chi connectivity index (χ3n) is 2.80. The number of ether oxygens (including phenoxy) is 1. The summed E-state index contributed by atoms with van der Waals surface area (Å²) < 4.78 is 5.01. The predicted octanol–water partition coefficient (Wildman–Crippen LogP) is 2.46. The van der Waals surface area contributed by atoms with E-state index >= 15 is 0 Å². The second-order valence-electron chi connectivity index (χ2n) is 4.36. The van der Waals surface area contributed by atoms with E-state index in [1.165, 1.54) is 0 Å². The number of aliphatic carboxylic acids is 1. The van der Waals surface area contributed by atoms with Gasteiger partial charge in [0, 0.05) is 5.69 Å². The van der Waals surface area contributed by atoms with E-state index in [1.807, 2.05) is 6.92 Å². The topological polar surface area (TPSA) is 87.7 Å². The highest BCUT2D eigenvalue weighted by Crippen LogP contribution is 2.14. The minimum atomic E-state index is -1.02. The van der Waals surface area contributed by atoms with Gasteiger partial charge in [-0.05, 0) is 30.7 Å². The van der Waals surface area contributed by atoms with E-state index in [0.717, 1.165) is 12.8 Å². The van der Waals surface area contributed by atoms with Crippen molar-refractivity contribution in [2.45, 2.75) is 32.2 Å². The molecule has 1 atom stereocenters. The standard InChI is InChI=1S/C14H20N2O4/c1-3-4-5-12(13(17)18)16-14(19)15-10-6-8-11(20-2)9-7-10/h6-9,12H,3-5H2,1-2H3,(H,17,18)(H2,15,16,19). The van der Waals surface area contributed by atoms with Crippen molar-refractivity contribution in [1.29, 1.82) is 0 Å². The van der Waals surface area contributed by atoms with Gasteiger partial charge in [-0.15, -0.1) is 0 Å². The zero-order chi connectivity index (χ0) is 15.0.